The lowest BCUT2D eigenvalue weighted by Crippen LogP contribution is -2.39. The smallest absolute Gasteiger partial charge is 0.260 e. The molecule has 2 rings (SSSR count). The number of hydrogen-bond donors (Lipinski definition) is 2. The molecule has 0 aliphatic heterocycles. The van der Waals surface area contributed by atoms with Crippen molar-refractivity contribution in [1.82, 2.24) is 5.43 Å². The summed E-state index contributed by atoms with van der Waals surface area (Å²) in [6, 6.07) is 11.9. The van der Waals surface area contributed by atoms with Gasteiger partial charge in [-0.2, -0.15) is 5.10 Å². The van der Waals surface area contributed by atoms with E-state index in [9.17, 15) is 18.3 Å². The molecular weight excluding hydrogens is 354 g/mol. The molecule has 0 saturated heterocycles. The Morgan fingerprint density at radius 1 is 1.15 bits per heavy atom. The van der Waals surface area contributed by atoms with Gasteiger partial charge in [0, 0.05) is 5.56 Å². The number of hydrogen-bond acceptors (Lipinski definition) is 5. The summed E-state index contributed by atoms with van der Waals surface area (Å²) in [6.45, 7) is 3.17. The van der Waals surface area contributed by atoms with Crippen LogP contribution < -0.4 is 9.73 Å². The van der Waals surface area contributed by atoms with E-state index in [4.69, 9.17) is 0 Å². The largest absolute Gasteiger partial charge is 0.507 e. The van der Waals surface area contributed by atoms with Crippen LogP contribution in [0.2, 0.25) is 0 Å². The molecule has 138 valence electrons. The van der Waals surface area contributed by atoms with Gasteiger partial charge in [0.2, 0.25) is 10.0 Å². The third-order valence-corrected chi connectivity index (χ3v) is 4.82. The highest BCUT2D eigenvalue weighted by molar-refractivity contribution is 7.92. The highest BCUT2D eigenvalue weighted by Gasteiger charge is 2.23. The fourth-order valence-electron chi connectivity index (χ4n) is 2.50. The van der Waals surface area contributed by atoms with Gasteiger partial charge in [0.25, 0.3) is 5.91 Å². The van der Waals surface area contributed by atoms with Crippen molar-refractivity contribution in [2.45, 2.75) is 13.8 Å². The zero-order chi connectivity index (χ0) is 19.3. The van der Waals surface area contributed by atoms with Crippen molar-refractivity contribution in [2.75, 3.05) is 17.1 Å². The SMILES string of the molecule is Cc1cccc(C)c1N(CC(=O)N/N=C\c1ccccc1O)S(C)(=O)=O. The molecule has 0 bridgehead atoms. The number of carbonyl (C=O) groups is 1. The molecule has 0 saturated carbocycles. The lowest BCUT2D eigenvalue weighted by atomic mass is 10.1. The van der Waals surface area contributed by atoms with Gasteiger partial charge in [0.05, 0.1) is 18.2 Å². The third-order valence-electron chi connectivity index (χ3n) is 3.71. The minimum atomic E-state index is -3.66. The Labute approximate surface area is 153 Å². The number of sulfonamides is 1. The molecule has 7 nitrogen and oxygen atoms in total. The average Bonchev–Trinajstić information content (AvgIpc) is 2.54. The monoisotopic (exact) mass is 375 g/mol. The number of aryl methyl sites for hydroxylation is 2. The number of aromatic hydroxyl groups is 1. The first kappa shape index (κ1) is 19.5. The zero-order valence-corrected chi connectivity index (χ0v) is 15.6. The molecule has 26 heavy (non-hydrogen) atoms. The van der Waals surface area contributed by atoms with Gasteiger partial charge in [-0.15, -0.1) is 0 Å². The number of benzene rings is 2. The summed E-state index contributed by atoms with van der Waals surface area (Å²) in [7, 11) is -3.66. The Hall–Kier alpha value is -2.87. The molecule has 0 aromatic heterocycles. The second kappa shape index (κ2) is 8.01. The van der Waals surface area contributed by atoms with Crippen molar-refractivity contribution in [2.24, 2.45) is 5.10 Å². The fourth-order valence-corrected chi connectivity index (χ4v) is 3.47. The molecule has 0 spiro atoms. The van der Waals surface area contributed by atoms with Crippen LogP contribution in [0.4, 0.5) is 5.69 Å². The van der Waals surface area contributed by atoms with Crippen molar-refractivity contribution < 1.29 is 18.3 Å². The maximum absolute atomic E-state index is 12.2. The minimum Gasteiger partial charge on any atom is -0.507 e. The Morgan fingerprint density at radius 2 is 1.77 bits per heavy atom. The number of carbonyl (C=O) groups excluding carboxylic acids is 1. The van der Waals surface area contributed by atoms with Crippen molar-refractivity contribution in [1.29, 1.82) is 0 Å². The van der Waals surface area contributed by atoms with Gasteiger partial charge in [-0.05, 0) is 37.1 Å². The maximum Gasteiger partial charge on any atom is 0.260 e. The van der Waals surface area contributed by atoms with Crippen LogP contribution in [0.25, 0.3) is 0 Å². The van der Waals surface area contributed by atoms with E-state index in [1.54, 1.807) is 44.2 Å². The number of phenolic OH excluding ortho intramolecular Hbond substituents is 1. The standard InChI is InChI=1S/C18H21N3O4S/c1-13-7-6-8-14(2)18(13)21(26(3,24)25)12-17(23)20-19-11-15-9-4-5-10-16(15)22/h4-11,22H,12H2,1-3H3,(H,20,23)/b19-11-. The van der Waals surface area contributed by atoms with E-state index in [0.717, 1.165) is 21.7 Å². The molecule has 0 radical (unpaired) electrons. The minimum absolute atomic E-state index is 0.0267. The lowest BCUT2D eigenvalue weighted by Gasteiger charge is -2.25. The first-order valence-corrected chi connectivity index (χ1v) is 9.69. The quantitative estimate of drug-likeness (QED) is 0.595. The van der Waals surface area contributed by atoms with E-state index in [1.807, 2.05) is 6.07 Å². The molecule has 0 atom stereocenters. The molecule has 2 N–H and O–H groups in total. The molecule has 1 amide bonds. The Bertz CT molecular complexity index is 919. The topological polar surface area (TPSA) is 99.1 Å². The van der Waals surface area contributed by atoms with E-state index in [-0.39, 0.29) is 5.75 Å². The highest BCUT2D eigenvalue weighted by Crippen LogP contribution is 2.26. The summed E-state index contributed by atoms with van der Waals surface area (Å²) in [5.41, 5.74) is 4.70. The first-order chi connectivity index (χ1) is 12.2. The molecule has 8 heteroatoms. The summed E-state index contributed by atoms with van der Waals surface area (Å²) < 4.78 is 25.4. The van der Waals surface area contributed by atoms with Crippen molar-refractivity contribution in [3.63, 3.8) is 0 Å². The van der Waals surface area contributed by atoms with Crippen molar-refractivity contribution in [3.05, 3.63) is 59.2 Å². The number of rotatable bonds is 6. The van der Waals surface area contributed by atoms with Crippen LogP contribution in [0, 0.1) is 13.8 Å². The van der Waals surface area contributed by atoms with Gasteiger partial charge in [0.15, 0.2) is 0 Å². The summed E-state index contributed by atoms with van der Waals surface area (Å²) in [4.78, 5) is 12.2. The predicted octanol–water partition coefficient (Wildman–Crippen LogP) is 1.93. The van der Waals surface area contributed by atoms with Crippen LogP contribution >= 0.6 is 0 Å². The van der Waals surface area contributed by atoms with Gasteiger partial charge in [-0.3, -0.25) is 9.10 Å². The zero-order valence-electron chi connectivity index (χ0n) is 14.8. The van der Waals surface area contributed by atoms with Crippen LogP contribution in [0.5, 0.6) is 5.75 Å². The van der Waals surface area contributed by atoms with E-state index >= 15 is 0 Å². The van der Waals surface area contributed by atoms with Crippen LogP contribution in [-0.4, -0.2) is 38.4 Å². The summed E-state index contributed by atoms with van der Waals surface area (Å²) in [5.74, 6) is -0.566. The van der Waals surface area contributed by atoms with Gasteiger partial charge in [-0.1, -0.05) is 30.3 Å². The molecular formula is C18H21N3O4S. The number of hydrazone groups is 1. The molecule has 0 unspecified atom stereocenters. The molecule has 0 fully saturated rings. The maximum atomic E-state index is 12.2. The van der Waals surface area contributed by atoms with Crippen LogP contribution in [-0.2, 0) is 14.8 Å². The first-order valence-electron chi connectivity index (χ1n) is 7.84. The van der Waals surface area contributed by atoms with E-state index in [2.05, 4.69) is 10.5 Å². The molecule has 2 aromatic rings. The Balaban J connectivity index is 2.17. The normalized spacial score (nSPS) is 11.5. The number of amides is 1. The Kier molecular flexibility index (Phi) is 5.99. The van der Waals surface area contributed by atoms with Crippen molar-refractivity contribution in [3.8, 4) is 5.75 Å². The van der Waals surface area contributed by atoms with E-state index in [0.29, 0.717) is 11.3 Å². The van der Waals surface area contributed by atoms with Crippen LogP contribution in [0.1, 0.15) is 16.7 Å². The lowest BCUT2D eigenvalue weighted by molar-refractivity contribution is -0.119. The summed E-state index contributed by atoms with van der Waals surface area (Å²) in [5, 5.41) is 13.4. The number of nitrogens with one attached hydrogen (secondary N) is 1. The highest BCUT2D eigenvalue weighted by atomic mass is 32.2. The number of para-hydroxylation sites is 2. The molecule has 0 aliphatic carbocycles. The Morgan fingerprint density at radius 3 is 2.35 bits per heavy atom. The third kappa shape index (κ3) is 4.82. The number of phenols is 1. The van der Waals surface area contributed by atoms with Crippen LogP contribution in [0.3, 0.4) is 0 Å². The average molecular weight is 375 g/mol. The molecule has 0 aliphatic rings. The second-order valence-corrected chi connectivity index (χ2v) is 7.77. The van der Waals surface area contributed by atoms with Crippen LogP contribution in [0.15, 0.2) is 47.6 Å². The fraction of sp³-hybridized carbons (Fsp3) is 0.222. The van der Waals surface area contributed by atoms with E-state index in [1.165, 1.54) is 12.3 Å². The second-order valence-electron chi connectivity index (χ2n) is 5.86. The van der Waals surface area contributed by atoms with Gasteiger partial charge >= 0.3 is 0 Å². The molecule has 2 aromatic carbocycles. The number of nitrogens with zero attached hydrogens (tertiary/aromatic N) is 2. The molecule has 0 heterocycles. The summed E-state index contributed by atoms with van der Waals surface area (Å²) in [6.07, 6.45) is 2.34. The van der Waals surface area contributed by atoms with E-state index < -0.39 is 22.5 Å². The van der Waals surface area contributed by atoms with Gasteiger partial charge in [0.1, 0.15) is 12.3 Å². The summed E-state index contributed by atoms with van der Waals surface area (Å²) >= 11 is 0. The van der Waals surface area contributed by atoms with Gasteiger partial charge in [-0.25, -0.2) is 13.8 Å². The predicted molar refractivity (Wildman–Crippen MR) is 102 cm³/mol. The number of anilines is 1. The van der Waals surface area contributed by atoms with Crippen molar-refractivity contribution >= 4 is 27.8 Å². The van der Waals surface area contributed by atoms with Gasteiger partial charge < -0.3 is 5.11 Å².